The zero-order chi connectivity index (χ0) is 9.97. The average Bonchev–Trinajstić information content (AvgIpc) is 2.55. The van der Waals surface area contributed by atoms with Gasteiger partial charge in [-0.1, -0.05) is 29.2 Å². The number of nitrogens with two attached hydrogens (primary N) is 2. The number of hydrogen-bond acceptors (Lipinski definition) is 4. The molecular weight excluding hydrogens is 194 g/mol. The Bertz CT molecular complexity index is 519. The Morgan fingerprint density at radius 2 is 2.29 bits per heavy atom. The lowest BCUT2D eigenvalue weighted by molar-refractivity contribution is 1.30. The molecule has 4 N–H and O–H groups in total. The number of anilines is 1. The van der Waals surface area contributed by atoms with Crippen molar-refractivity contribution in [3.8, 4) is 11.8 Å². The molecule has 0 aliphatic rings. The van der Waals surface area contributed by atoms with Gasteiger partial charge in [0, 0.05) is 0 Å². The molecule has 1 heterocycles. The Balaban J connectivity index is 2.64. The molecule has 0 aliphatic heterocycles. The highest BCUT2D eigenvalue weighted by Crippen LogP contribution is 2.25. The van der Waals surface area contributed by atoms with E-state index in [0.29, 0.717) is 11.7 Å². The van der Waals surface area contributed by atoms with Crippen LogP contribution in [0.25, 0.3) is 10.2 Å². The van der Waals surface area contributed by atoms with E-state index in [1.165, 1.54) is 11.3 Å². The van der Waals surface area contributed by atoms with Crippen molar-refractivity contribution in [2.45, 2.75) is 0 Å². The minimum absolute atomic E-state index is 0.357. The first-order valence-electron chi connectivity index (χ1n) is 4.15. The van der Waals surface area contributed by atoms with Crippen molar-refractivity contribution in [1.29, 1.82) is 0 Å². The third-order valence-corrected chi connectivity index (χ3v) is 2.61. The SMILES string of the molecule is NCC#Cc1cccc2sc(N)nc12. The molecule has 3 nitrogen and oxygen atoms in total. The second kappa shape index (κ2) is 3.66. The van der Waals surface area contributed by atoms with Crippen LogP contribution in [0.3, 0.4) is 0 Å². The normalized spacial score (nSPS) is 9.79. The number of hydrogen-bond donors (Lipinski definition) is 2. The second-order valence-corrected chi connectivity index (χ2v) is 3.77. The van der Waals surface area contributed by atoms with E-state index in [9.17, 15) is 0 Å². The van der Waals surface area contributed by atoms with Crippen molar-refractivity contribution >= 4 is 26.7 Å². The van der Waals surface area contributed by atoms with Gasteiger partial charge in [-0.25, -0.2) is 4.98 Å². The molecule has 1 aromatic carbocycles. The van der Waals surface area contributed by atoms with Crippen LogP contribution in [0.1, 0.15) is 5.56 Å². The molecule has 2 rings (SSSR count). The minimum atomic E-state index is 0.357. The smallest absolute Gasteiger partial charge is 0.181 e. The summed E-state index contributed by atoms with van der Waals surface area (Å²) in [6.45, 7) is 0.357. The highest BCUT2D eigenvalue weighted by Gasteiger charge is 2.03. The molecule has 14 heavy (non-hydrogen) atoms. The Hall–Kier alpha value is -1.57. The van der Waals surface area contributed by atoms with Gasteiger partial charge < -0.3 is 11.5 Å². The third-order valence-electron chi connectivity index (χ3n) is 1.76. The Morgan fingerprint density at radius 3 is 3.07 bits per heavy atom. The highest BCUT2D eigenvalue weighted by molar-refractivity contribution is 7.22. The fourth-order valence-electron chi connectivity index (χ4n) is 1.21. The van der Waals surface area contributed by atoms with Crippen molar-refractivity contribution < 1.29 is 0 Å². The Morgan fingerprint density at radius 1 is 1.43 bits per heavy atom. The van der Waals surface area contributed by atoms with Gasteiger partial charge in [-0.05, 0) is 12.1 Å². The van der Waals surface area contributed by atoms with E-state index in [1.54, 1.807) is 0 Å². The van der Waals surface area contributed by atoms with Gasteiger partial charge in [0.25, 0.3) is 0 Å². The number of nitrogen functional groups attached to an aromatic ring is 1. The van der Waals surface area contributed by atoms with E-state index in [4.69, 9.17) is 11.5 Å². The minimum Gasteiger partial charge on any atom is -0.375 e. The van der Waals surface area contributed by atoms with Crippen molar-refractivity contribution in [1.82, 2.24) is 4.98 Å². The summed E-state index contributed by atoms with van der Waals surface area (Å²) in [5.41, 5.74) is 12.7. The van der Waals surface area contributed by atoms with Gasteiger partial charge in [0.15, 0.2) is 5.13 Å². The number of para-hydroxylation sites is 1. The van der Waals surface area contributed by atoms with E-state index in [0.717, 1.165) is 15.8 Å². The van der Waals surface area contributed by atoms with E-state index < -0.39 is 0 Å². The molecule has 0 saturated carbocycles. The highest BCUT2D eigenvalue weighted by atomic mass is 32.1. The van der Waals surface area contributed by atoms with E-state index in [1.807, 2.05) is 18.2 Å². The maximum Gasteiger partial charge on any atom is 0.181 e. The van der Waals surface area contributed by atoms with Crippen LogP contribution < -0.4 is 11.5 Å². The van der Waals surface area contributed by atoms with Gasteiger partial charge in [-0.15, -0.1) is 0 Å². The van der Waals surface area contributed by atoms with Crippen LogP contribution in [0, 0.1) is 11.8 Å². The van der Waals surface area contributed by atoms with E-state index in [2.05, 4.69) is 16.8 Å². The van der Waals surface area contributed by atoms with Crippen LogP contribution >= 0.6 is 11.3 Å². The summed E-state index contributed by atoms with van der Waals surface area (Å²) >= 11 is 1.47. The quantitative estimate of drug-likeness (QED) is 0.632. The molecule has 0 amide bonds. The number of rotatable bonds is 0. The van der Waals surface area contributed by atoms with Crippen molar-refractivity contribution in [2.24, 2.45) is 5.73 Å². The summed E-state index contributed by atoms with van der Waals surface area (Å²) < 4.78 is 1.06. The molecule has 0 aliphatic carbocycles. The molecule has 0 spiro atoms. The van der Waals surface area contributed by atoms with Crippen LogP contribution in [0.2, 0.25) is 0 Å². The maximum atomic E-state index is 5.62. The summed E-state index contributed by atoms with van der Waals surface area (Å²) in [6, 6.07) is 5.85. The molecule has 0 fully saturated rings. The van der Waals surface area contributed by atoms with E-state index in [-0.39, 0.29) is 0 Å². The van der Waals surface area contributed by atoms with Gasteiger partial charge >= 0.3 is 0 Å². The zero-order valence-corrected chi connectivity index (χ0v) is 8.27. The molecule has 0 bridgehead atoms. The lowest BCUT2D eigenvalue weighted by Gasteiger charge is -1.90. The zero-order valence-electron chi connectivity index (χ0n) is 7.45. The third kappa shape index (κ3) is 1.55. The summed E-state index contributed by atoms with van der Waals surface area (Å²) in [7, 11) is 0. The van der Waals surface area contributed by atoms with Crippen LogP contribution in [0.15, 0.2) is 18.2 Å². The fraction of sp³-hybridized carbons (Fsp3) is 0.100. The van der Waals surface area contributed by atoms with Crippen molar-refractivity contribution in [2.75, 3.05) is 12.3 Å². The molecular formula is C10H9N3S. The molecule has 70 valence electrons. The molecule has 4 heteroatoms. The largest absolute Gasteiger partial charge is 0.375 e. The predicted molar refractivity (Wildman–Crippen MR) is 60.0 cm³/mol. The van der Waals surface area contributed by atoms with Crippen LogP contribution in [-0.2, 0) is 0 Å². The second-order valence-electron chi connectivity index (χ2n) is 2.71. The van der Waals surface area contributed by atoms with Crippen LogP contribution in [0.5, 0.6) is 0 Å². The number of benzene rings is 1. The van der Waals surface area contributed by atoms with Crippen LogP contribution in [0.4, 0.5) is 5.13 Å². The number of fused-ring (bicyclic) bond motifs is 1. The Kier molecular flexibility index (Phi) is 2.35. The fourth-order valence-corrected chi connectivity index (χ4v) is 1.97. The lowest BCUT2D eigenvalue weighted by atomic mass is 10.2. The lowest BCUT2D eigenvalue weighted by Crippen LogP contribution is -1.93. The molecule has 0 saturated heterocycles. The first-order valence-corrected chi connectivity index (χ1v) is 4.97. The summed E-state index contributed by atoms with van der Waals surface area (Å²) in [5.74, 6) is 5.78. The topological polar surface area (TPSA) is 64.9 Å². The van der Waals surface area contributed by atoms with Crippen molar-refractivity contribution in [3.63, 3.8) is 0 Å². The first-order chi connectivity index (χ1) is 6.81. The summed E-state index contributed by atoms with van der Waals surface area (Å²) in [5, 5.41) is 0.571. The van der Waals surface area contributed by atoms with Crippen molar-refractivity contribution in [3.05, 3.63) is 23.8 Å². The number of nitrogens with zero attached hydrogens (tertiary/aromatic N) is 1. The number of aromatic nitrogens is 1. The van der Waals surface area contributed by atoms with Gasteiger partial charge in [0.2, 0.25) is 0 Å². The van der Waals surface area contributed by atoms with Gasteiger partial charge in [-0.3, -0.25) is 0 Å². The molecule has 1 aromatic heterocycles. The van der Waals surface area contributed by atoms with Crippen LogP contribution in [-0.4, -0.2) is 11.5 Å². The molecule has 0 radical (unpaired) electrons. The first kappa shape index (κ1) is 9.00. The van der Waals surface area contributed by atoms with E-state index >= 15 is 0 Å². The average molecular weight is 203 g/mol. The Labute approximate surface area is 85.7 Å². The van der Waals surface area contributed by atoms with Gasteiger partial charge in [0.1, 0.15) is 0 Å². The summed E-state index contributed by atoms with van der Waals surface area (Å²) in [6.07, 6.45) is 0. The molecule has 0 unspecified atom stereocenters. The van der Waals surface area contributed by atoms with Gasteiger partial charge in [-0.2, -0.15) is 0 Å². The van der Waals surface area contributed by atoms with Gasteiger partial charge in [0.05, 0.1) is 22.3 Å². The predicted octanol–water partition coefficient (Wildman–Crippen LogP) is 1.19. The standard InChI is InChI=1S/C10H9N3S/c11-6-2-4-7-3-1-5-8-9(7)13-10(12)14-8/h1,3,5H,6,11H2,(H2,12,13). The maximum absolute atomic E-state index is 5.62. The summed E-state index contributed by atoms with van der Waals surface area (Å²) in [4.78, 5) is 4.22. The monoisotopic (exact) mass is 203 g/mol. The molecule has 2 aromatic rings. The molecule has 0 atom stereocenters. The number of thiazole rings is 1.